The average molecular weight is 479 g/mol. The average Bonchev–Trinajstić information content (AvgIpc) is 3.23. The molecule has 31 heavy (non-hydrogen) atoms. The largest absolute Gasteiger partial charge is 0.354 e. The molecule has 164 valence electrons. The van der Waals surface area contributed by atoms with E-state index in [2.05, 4.69) is 22.0 Å². The molecule has 9 heteroatoms. The molecule has 0 aliphatic carbocycles. The van der Waals surface area contributed by atoms with Crippen LogP contribution in [0.15, 0.2) is 41.3 Å². The molecule has 2 heterocycles. The molecule has 3 aromatic rings. The second-order valence-corrected chi connectivity index (χ2v) is 9.89. The van der Waals surface area contributed by atoms with Crippen LogP contribution in [0.3, 0.4) is 0 Å². The summed E-state index contributed by atoms with van der Waals surface area (Å²) in [4.78, 5) is 22.4. The van der Waals surface area contributed by atoms with Gasteiger partial charge in [-0.1, -0.05) is 29.0 Å². The fourth-order valence-electron chi connectivity index (χ4n) is 3.47. The number of anilines is 1. The fraction of sp³-hybridized carbons (Fsp3) is 0.364. The number of thioether (sulfide) groups is 1. The standard InChI is InChI=1S/C22H24ClFN4OS2/c1-15-2-7-18(23)21-20(15)26-22(31-21)28-12-10-27(11-13-28)9-8-25-19(29)14-30-17-5-3-16(24)4-6-17/h2-7H,8-14H2,1H3,(H,25,29). The van der Waals surface area contributed by atoms with Gasteiger partial charge in [-0.25, -0.2) is 9.37 Å². The van der Waals surface area contributed by atoms with Gasteiger partial charge < -0.3 is 10.2 Å². The summed E-state index contributed by atoms with van der Waals surface area (Å²) in [6.07, 6.45) is 0. The summed E-state index contributed by atoms with van der Waals surface area (Å²) in [6.45, 7) is 7.19. The Kier molecular flexibility index (Phi) is 7.32. The molecule has 0 bridgehead atoms. The van der Waals surface area contributed by atoms with Crippen molar-refractivity contribution < 1.29 is 9.18 Å². The van der Waals surface area contributed by atoms with Crippen LogP contribution in [0, 0.1) is 12.7 Å². The molecular weight excluding hydrogens is 455 g/mol. The van der Waals surface area contributed by atoms with Gasteiger partial charge in [0.25, 0.3) is 0 Å². The van der Waals surface area contributed by atoms with E-state index in [0.717, 1.165) is 63.6 Å². The number of hydrogen-bond donors (Lipinski definition) is 1. The van der Waals surface area contributed by atoms with E-state index in [1.807, 2.05) is 12.1 Å². The van der Waals surface area contributed by atoms with Gasteiger partial charge in [-0.2, -0.15) is 0 Å². The zero-order valence-electron chi connectivity index (χ0n) is 17.2. The number of fused-ring (bicyclic) bond motifs is 1. The van der Waals surface area contributed by atoms with E-state index in [1.165, 1.54) is 23.9 Å². The minimum Gasteiger partial charge on any atom is -0.354 e. The van der Waals surface area contributed by atoms with Gasteiger partial charge in [0.2, 0.25) is 5.91 Å². The Morgan fingerprint density at radius 2 is 1.94 bits per heavy atom. The summed E-state index contributed by atoms with van der Waals surface area (Å²) in [5.74, 6) is 0.0598. The van der Waals surface area contributed by atoms with E-state index < -0.39 is 0 Å². The van der Waals surface area contributed by atoms with Gasteiger partial charge in [0.05, 0.1) is 21.0 Å². The quantitative estimate of drug-likeness (QED) is 0.509. The van der Waals surface area contributed by atoms with E-state index in [4.69, 9.17) is 16.6 Å². The Bertz CT molecular complexity index is 1010. The summed E-state index contributed by atoms with van der Waals surface area (Å²) in [7, 11) is 0. The third-order valence-corrected chi connectivity index (χ3v) is 7.85. The smallest absolute Gasteiger partial charge is 0.230 e. The molecule has 1 amide bonds. The van der Waals surface area contributed by atoms with E-state index in [-0.39, 0.29) is 11.7 Å². The number of aromatic nitrogens is 1. The summed E-state index contributed by atoms with van der Waals surface area (Å²) in [5, 5.41) is 4.76. The van der Waals surface area contributed by atoms with Crippen LogP contribution in [0.25, 0.3) is 10.2 Å². The van der Waals surface area contributed by atoms with Gasteiger partial charge >= 0.3 is 0 Å². The molecule has 0 radical (unpaired) electrons. The third kappa shape index (κ3) is 5.68. The van der Waals surface area contributed by atoms with Gasteiger partial charge in [-0.05, 0) is 42.8 Å². The van der Waals surface area contributed by atoms with Crippen molar-refractivity contribution in [1.82, 2.24) is 15.2 Å². The first-order chi connectivity index (χ1) is 15.0. The van der Waals surface area contributed by atoms with E-state index in [1.54, 1.807) is 23.5 Å². The Morgan fingerprint density at radius 3 is 2.65 bits per heavy atom. The number of nitrogens with one attached hydrogen (secondary N) is 1. The number of hydrogen-bond acceptors (Lipinski definition) is 6. The van der Waals surface area contributed by atoms with Gasteiger partial charge in [0.1, 0.15) is 5.82 Å². The van der Waals surface area contributed by atoms with Gasteiger partial charge in [-0.3, -0.25) is 9.69 Å². The number of rotatable bonds is 7. The highest BCUT2D eigenvalue weighted by Crippen LogP contribution is 2.35. The van der Waals surface area contributed by atoms with Gasteiger partial charge in [0, 0.05) is 44.2 Å². The van der Waals surface area contributed by atoms with E-state index in [0.29, 0.717) is 12.3 Å². The topological polar surface area (TPSA) is 48.5 Å². The minimum absolute atomic E-state index is 0.00492. The third-order valence-electron chi connectivity index (χ3n) is 5.26. The van der Waals surface area contributed by atoms with Crippen LogP contribution < -0.4 is 10.2 Å². The first-order valence-electron chi connectivity index (χ1n) is 10.2. The zero-order valence-corrected chi connectivity index (χ0v) is 19.6. The van der Waals surface area contributed by atoms with Crippen LogP contribution in [-0.4, -0.2) is 60.8 Å². The van der Waals surface area contributed by atoms with Crippen LogP contribution in [0.4, 0.5) is 9.52 Å². The number of halogens is 2. The summed E-state index contributed by atoms with van der Waals surface area (Å²) >= 11 is 9.41. The maximum Gasteiger partial charge on any atom is 0.230 e. The number of carbonyl (C=O) groups excluding carboxylic acids is 1. The molecule has 5 nitrogen and oxygen atoms in total. The fourth-order valence-corrected chi connectivity index (χ4v) is 5.57. The zero-order chi connectivity index (χ0) is 21.8. The van der Waals surface area contributed by atoms with Crippen molar-refractivity contribution in [2.75, 3.05) is 49.9 Å². The monoisotopic (exact) mass is 478 g/mol. The summed E-state index contributed by atoms with van der Waals surface area (Å²) < 4.78 is 14.0. The van der Waals surface area contributed by atoms with Crippen molar-refractivity contribution in [2.24, 2.45) is 0 Å². The highest BCUT2D eigenvalue weighted by atomic mass is 35.5. The molecule has 0 atom stereocenters. The molecule has 1 fully saturated rings. The number of amides is 1. The molecule has 1 aliphatic heterocycles. The molecule has 2 aromatic carbocycles. The Hall–Kier alpha value is -1.87. The van der Waals surface area contributed by atoms with Crippen LogP contribution in [0.5, 0.6) is 0 Å². The lowest BCUT2D eigenvalue weighted by atomic mass is 10.2. The molecule has 1 N–H and O–H groups in total. The molecule has 4 rings (SSSR count). The van der Waals surface area contributed by atoms with Crippen molar-refractivity contribution in [1.29, 1.82) is 0 Å². The number of piperazine rings is 1. The van der Waals surface area contributed by atoms with Crippen molar-refractivity contribution in [3.63, 3.8) is 0 Å². The molecule has 0 unspecified atom stereocenters. The van der Waals surface area contributed by atoms with Crippen LogP contribution in [0.2, 0.25) is 5.02 Å². The van der Waals surface area contributed by atoms with Crippen molar-refractivity contribution >= 4 is 56.0 Å². The van der Waals surface area contributed by atoms with Gasteiger partial charge in [-0.15, -0.1) is 11.8 Å². The lowest BCUT2D eigenvalue weighted by Gasteiger charge is -2.34. The SMILES string of the molecule is Cc1ccc(Cl)c2sc(N3CCN(CCNC(=O)CSc4ccc(F)cc4)CC3)nc12. The second kappa shape index (κ2) is 10.2. The number of thiazole rings is 1. The van der Waals surface area contributed by atoms with Gasteiger partial charge in [0.15, 0.2) is 5.13 Å². The Morgan fingerprint density at radius 1 is 1.19 bits per heavy atom. The number of nitrogens with zero attached hydrogens (tertiary/aromatic N) is 3. The molecule has 1 aromatic heterocycles. The maximum absolute atomic E-state index is 12.9. The number of benzene rings is 2. The molecule has 1 saturated heterocycles. The molecule has 0 spiro atoms. The Balaban J connectivity index is 1.19. The first-order valence-corrected chi connectivity index (χ1v) is 12.4. The first kappa shape index (κ1) is 22.3. The Labute approximate surface area is 194 Å². The number of aryl methyl sites for hydroxylation is 1. The van der Waals surface area contributed by atoms with Crippen molar-refractivity contribution in [2.45, 2.75) is 11.8 Å². The maximum atomic E-state index is 12.9. The predicted molar refractivity (Wildman–Crippen MR) is 128 cm³/mol. The highest BCUT2D eigenvalue weighted by molar-refractivity contribution is 8.00. The second-order valence-electron chi connectivity index (χ2n) is 7.46. The molecule has 0 saturated carbocycles. The minimum atomic E-state index is -0.268. The highest BCUT2D eigenvalue weighted by Gasteiger charge is 2.20. The van der Waals surface area contributed by atoms with Crippen molar-refractivity contribution in [3.8, 4) is 0 Å². The lowest BCUT2D eigenvalue weighted by molar-refractivity contribution is -0.118. The molecule has 1 aliphatic rings. The van der Waals surface area contributed by atoms with E-state index >= 15 is 0 Å². The predicted octanol–water partition coefficient (Wildman–Crippen LogP) is 4.43. The van der Waals surface area contributed by atoms with E-state index in [9.17, 15) is 9.18 Å². The normalized spacial score (nSPS) is 14.9. The lowest BCUT2D eigenvalue weighted by Crippen LogP contribution is -2.48. The van der Waals surface area contributed by atoms with Crippen LogP contribution >= 0.6 is 34.7 Å². The molecular formula is C22H24ClFN4OS2. The van der Waals surface area contributed by atoms with Crippen LogP contribution in [0.1, 0.15) is 5.56 Å². The van der Waals surface area contributed by atoms with Crippen molar-refractivity contribution in [3.05, 3.63) is 52.8 Å². The number of carbonyl (C=O) groups is 1. The summed E-state index contributed by atoms with van der Waals surface area (Å²) in [6, 6.07) is 10.1. The van der Waals surface area contributed by atoms with Crippen LogP contribution in [-0.2, 0) is 4.79 Å². The summed E-state index contributed by atoms with van der Waals surface area (Å²) in [5.41, 5.74) is 2.14.